The van der Waals surface area contributed by atoms with Gasteiger partial charge in [-0.05, 0) is 105 Å². The number of aryl methyl sites for hydroxylation is 2. The molecule has 0 aliphatic heterocycles. The summed E-state index contributed by atoms with van der Waals surface area (Å²) >= 11 is 3.61. The summed E-state index contributed by atoms with van der Waals surface area (Å²) in [4.78, 5) is 2.68. The molecule has 26 heavy (non-hydrogen) atoms. The predicted octanol–water partition coefficient (Wildman–Crippen LogP) is 8.07. The summed E-state index contributed by atoms with van der Waals surface area (Å²) in [6.07, 6.45) is 0. The van der Waals surface area contributed by atoms with Crippen LogP contribution in [-0.4, -0.2) is 0 Å². The number of hydrogen-bond donors (Lipinski definition) is 0. The predicted molar refractivity (Wildman–Crippen MR) is 118 cm³/mol. The van der Waals surface area contributed by atoms with Gasteiger partial charge >= 0.3 is 0 Å². The van der Waals surface area contributed by atoms with Crippen LogP contribution in [0.15, 0.2) is 71.4 Å². The Morgan fingerprint density at radius 2 is 0.962 bits per heavy atom. The van der Waals surface area contributed by atoms with Crippen LogP contribution in [0, 0.1) is 13.8 Å². The molecule has 0 spiro atoms. The van der Waals surface area contributed by atoms with Crippen molar-refractivity contribution in [3.05, 3.63) is 82.6 Å². The first-order valence-electron chi connectivity index (χ1n) is 8.75. The minimum Gasteiger partial charge on any atom is -0.144 e. The van der Waals surface area contributed by atoms with Crippen LogP contribution < -0.4 is 0 Å². The topological polar surface area (TPSA) is 0 Å². The Morgan fingerprint density at radius 3 is 1.35 bits per heavy atom. The average molecular weight is 371 g/mol. The maximum Gasteiger partial charge on any atom is 0.0345 e. The Balaban J connectivity index is 1.75. The van der Waals surface area contributed by atoms with Crippen LogP contribution >= 0.6 is 22.7 Å². The summed E-state index contributed by atoms with van der Waals surface area (Å²) in [6, 6.07) is 22.7. The van der Waals surface area contributed by atoms with Crippen LogP contribution in [0.1, 0.15) is 11.1 Å². The van der Waals surface area contributed by atoms with Crippen molar-refractivity contribution in [3.63, 3.8) is 0 Å². The zero-order valence-electron chi connectivity index (χ0n) is 14.7. The maximum atomic E-state index is 2.35. The van der Waals surface area contributed by atoms with E-state index in [-0.39, 0.29) is 0 Å². The van der Waals surface area contributed by atoms with E-state index >= 15 is 0 Å². The van der Waals surface area contributed by atoms with Crippen LogP contribution in [0.5, 0.6) is 0 Å². The highest BCUT2D eigenvalue weighted by Crippen LogP contribution is 2.36. The third-order valence-corrected chi connectivity index (χ3v) is 6.86. The lowest BCUT2D eigenvalue weighted by Gasteiger charge is -2.11. The molecule has 126 valence electrons. The minimum atomic E-state index is 1.31. The first-order valence-corrected chi connectivity index (χ1v) is 10.5. The Hall–Kier alpha value is -2.42. The number of rotatable bonds is 2. The van der Waals surface area contributed by atoms with Gasteiger partial charge in [0, 0.05) is 9.75 Å². The molecule has 0 aliphatic carbocycles. The van der Waals surface area contributed by atoms with E-state index in [2.05, 4.69) is 85.3 Å². The molecule has 2 heteroatoms. The highest BCUT2D eigenvalue weighted by molar-refractivity contribution is 7.13. The molecule has 0 unspecified atom stereocenters. The molecule has 0 fully saturated rings. The third-order valence-electron chi connectivity index (χ3n) is 5.06. The van der Waals surface area contributed by atoms with Gasteiger partial charge < -0.3 is 0 Å². The van der Waals surface area contributed by atoms with Crippen LogP contribution in [0.4, 0.5) is 0 Å². The molecule has 0 nitrogen and oxygen atoms in total. The molecule has 0 radical (unpaired) electrons. The lowest BCUT2D eigenvalue weighted by Crippen LogP contribution is -1.86. The van der Waals surface area contributed by atoms with Gasteiger partial charge in [-0.15, -0.1) is 22.7 Å². The van der Waals surface area contributed by atoms with Gasteiger partial charge in [-0.3, -0.25) is 0 Å². The third kappa shape index (κ3) is 2.57. The van der Waals surface area contributed by atoms with Gasteiger partial charge in [0.1, 0.15) is 0 Å². The van der Waals surface area contributed by atoms with Gasteiger partial charge in [0.15, 0.2) is 0 Å². The first-order chi connectivity index (χ1) is 12.7. The van der Waals surface area contributed by atoms with Crippen molar-refractivity contribution in [2.75, 3.05) is 0 Å². The van der Waals surface area contributed by atoms with Crippen molar-refractivity contribution < 1.29 is 0 Å². The molecule has 0 amide bonds. The lowest BCUT2D eigenvalue weighted by molar-refractivity contribution is 1.50. The van der Waals surface area contributed by atoms with Crippen LogP contribution in [-0.2, 0) is 0 Å². The quantitative estimate of drug-likeness (QED) is 0.276. The van der Waals surface area contributed by atoms with Crippen molar-refractivity contribution in [1.82, 2.24) is 0 Å². The van der Waals surface area contributed by atoms with Crippen molar-refractivity contribution >= 4 is 44.2 Å². The molecule has 2 heterocycles. The van der Waals surface area contributed by atoms with Crippen molar-refractivity contribution in [1.29, 1.82) is 0 Å². The van der Waals surface area contributed by atoms with Gasteiger partial charge in [-0.25, -0.2) is 0 Å². The maximum absolute atomic E-state index is 2.35. The van der Waals surface area contributed by atoms with E-state index in [9.17, 15) is 0 Å². The highest BCUT2D eigenvalue weighted by Gasteiger charge is 2.09. The van der Waals surface area contributed by atoms with Gasteiger partial charge in [0.05, 0.1) is 0 Å². The van der Waals surface area contributed by atoms with E-state index in [1.807, 2.05) is 0 Å². The highest BCUT2D eigenvalue weighted by atomic mass is 32.1. The van der Waals surface area contributed by atoms with Crippen molar-refractivity contribution in [2.45, 2.75) is 13.8 Å². The molecule has 0 bridgehead atoms. The Morgan fingerprint density at radius 1 is 0.538 bits per heavy atom. The molecule has 0 aliphatic rings. The standard InChI is InChI=1S/C24H18S2/c1-15-9-17-11-20-14-22(24-6-4-8-26-24)16(2)10-18(20)12-19(17)13-21(15)23-5-3-7-25-23/h3-14H,1-2H3. The molecule has 0 N–H and O–H groups in total. The van der Waals surface area contributed by atoms with Gasteiger partial charge in [-0.2, -0.15) is 0 Å². The van der Waals surface area contributed by atoms with Crippen LogP contribution in [0.25, 0.3) is 42.4 Å². The molecule has 5 aromatic rings. The Bertz CT molecular complexity index is 1130. The van der Waals surface area contributed by atoms with E-state index in [0.717, 1.165) is 0 Å². The van der Waals surface area contributed by atoms with Crippen LogP contribution in [0.3, 0.4) is 0 Å². The zero-order valence-corrected chi connectivity index (χ0v) is 16.4. The minimum absolute atomic E-state index is 1.31. The van der Waals surface area contributed by atoms with E-state index in [4.69, 9.17) is 0 Å². The van der Waals surface area contributed by atoms with Gasteiger partial charge in [0.25, 0.3) is 0 Å². The summed E-state index contributed by atoms with van der Waals surface area (Å²) in [7, 11) is 0. The normalized spacial score (nSPS) is 11.5. The molecule has 5 rings (SSSR count). The Labute approximate surface area is 161 Å². The largest absolute Gasteiger partial charge is 0.144 e. The fraction of sp³-hybridized carbons (Fsp3) is 0.0833. The summed E-state index contributed by atoms with van der Waals surface area (Å²) in [6.45, 7) is 4.43. The number of hydrogen-bond acceptors (Lipinski definition) is 2. The summed E-state index contributed by atoms with van der Waals surface area (Å²) < 4.78 is 0. The fourth-order valence-corrected chi connectivity index (χ4v) is 5.34. The first kappa shape index (κ1) is 15.8. The molecule has 0 atom stereocenters. The SMILES string of the molecule is Cc1cc2cc3cc(-c4cccs4)c(C)cc3cc2cc1-c1cccs1. The number of benzene rings is 3. The van der Waals surface area contributed by atoms with Gasteiger partial charge in [0.2, 0.25) is 0 Å². The molecule has 0 saturated carbocycles. The fourth-order valence-electron chi connectivity index (χ4n) is 3.72. The molecule has 2 aromatic heterocycles. The van der Waals surface area contributed by atoms with Crippen molar-refractivity contribution in [2.24, 2.45) is 0 Å². The second-order valence-electron chi connectivity index (χ2n) is 6.84. The zero-order chi connectivity index (χ0) is 17.7. The second-order valence-corrected chi connectivity index (χ2v) is 8.73. The average Bonchev–Trinajstić information content (AvgIpc) is 3.33. The molecular weight excluding hydrogens is 352 g/mol. The molecule has 3 aromatic carbocycles. The van der Waals surface area contributed by atoms with E-state index in [1.165, 1.54) is 53.6 Å². The van der Waals surface area contributed by atoms with E-state index < -0.39 is 0 Å². The van der Waals surface area contributed by atoms with E-state index in [1.54, 1.807) is 22.7 Å². The van der Waals surface area contributed by atoms with Crippen LogP contribution in [0.2, 0.25) is 0 Å². The van der Waals surface area contributed by atoms with E-state index in [0.29, 0.717) is 0 Å². The molecule has 0 saturated heterocycles. The van der Waals surface area contributed by atoms with Crippen molar-refractivity contribution in [3.8, 4) is 20.9 Å². The summed E-state index contributed by atoms with van der Waals surface area (Å²) in [5.41, 5.74) is 5.37. The number of thiophene rings is 2. The smallest absolute Gasteiger partial charge is 0.0345 e. The Kier molecular flexibility index (Phi) is 3.70. The second kappa shape index (κ2) is 6.08. The number of fused-ring (bicyclic) bond motifs is 2. The monoisotopic (exact) mass is 370 g/mol. The summed E-state index contributed by atoms with van der Waals surface area (Å²) in [5, 5.41) is 9.56. The summed E-state index contributed by atoms with van der Waals surface area (Å²) in [5.74, 6) is 0. The molecular formula is C24H18S2. The van der Waals surface area contributed by atoms with Gasteiger partial charge in [-0.1, -0.05) is 24.3 Å². The lowest BCUT2D eigenvalue weighted by atomic mass is 9.95.